The summed E-state index contributed by atoms with van der Waals surface area (Å²) in [7, 11) is 5.22. The number of hydrogen-bond donors (Lipinski definition) is 2. The smallest absolute Gasteiger partial charge is 0.178 e. The molecule has 0 unspecified atom stereocenters. The number of hydrogen-bond acceptors (Lipinski definition) is 2. The summed E-state index contributed by atoms with van der Waals surface area (Å²) in [5, 5.41) is 5.72. The highest BCUT2D eigenvalue weighted by Crippen LogP contribution is 2.07. The Labute approximate surface area is 62.0 Å². The van der Waals surface area contributed by atoms with Crippen LogP contribution in [0.15, 0.2) is 0 Å². The van der Waals surface area contributed by atoms with Gasteiger partial charge in [0.25, 0.3) is 0 Å². The lowest BCUT2D eigenvalue weighted by Crippen LogP contribution is -2.46. The van der Waals surface area contributed by atoms with E-state index in [9.17, 15) is 4.39 Å². The van der Waals surface area contributed by atoms with Gasteiger partial charge in [-0.2, -0.15) is 0 Å². The molecule has 2 radical (unpaired) electrons. The van der Waals surface area contributed by atoms with Crippen molar-refractivity contribution in [1.29, 1.82) is 0 Å². The van der Waals surface area contributed by atoms with Crippen molar-refractivity contribution in [3.8, 4) is 0 Å². The largest absolute Gasteiger partial charge is 0.364 e. The molecular weight excluding hydrogens is 130 g/mol. The molecule has 0 amide bonds. The van der Waals surface area contributed by atoms with E-state index in [1.54, 1.807) is 0 Å². The molecule has 1 saturated heterocycles. The predicted molar refractivity (Wildman–Crippen MR) is 39.7 cm³/mol. The summed E-state index contributed by atoms with van der Waals surface area (Å²) < 4.78 is 12.1. The molecule has 1 aliphatic rings. The summed E-state index contributed by atoms with van der Waals surface area (Å²) in [6.07, 6.45) is 1.79. The van der Waals surface area contributed by atoms with E-state index in [4.69, 9.17) is 7.98 Å². The van der Waals surface area contributed by atoms with Crippen molar-refractivity contribution in [3.63, 3.8) is 0 Å². The van der Waals surface area contributed by atoms with Crippen molar-refractivity contribution in [2.75, 3.05) is 13.2 Å². The van der Waals surface area contributed by atoms with Crippen LogP contribution in [0.2, 0.25) is 0 Å². The van der Waals surface area contributed by atoms with E-state index in [0.29, 0.717) is 6.04 Å². The van der Waals surface area contributed by atoms with E-state index in [0.717, 1.165) is 19.4 Å². The predicted octanol–water partition coefficient (Wildman–Crippen LogP) is -0.250. The second kappa shape index (κ2) is 3.93. The molecule has 10 heavy (non-hydrogen) atoms. The second-order valence-electron chi connectivity index (χ2n) is 2.69. The minimum atomic E-state index is -0.293. The Morgan fingerprint density at radius 2 is 2.50 bits per heavy atom. The van der Waals surface area contributed by atoms with Crippen molar-refractivity contribution >= 4 is 7.98 Å². The molecule has 4 heteroatoms. The number of piperidine rings is 1. The molecule has 0 bridgehead atoms. The summed E-state index contributed by atoms with van der Waals surface area (Å²) >= 11 is 0. The average Bonchev–Trinajstić information content (AvgIpc) is 2.05. The van der Waals surface area contributed by atoms with Gasteiger partial charge in [-0.25, -0.2) is 4.39 Å². The number of rotatable bonds is 2. The van der Waals surface area contributed by atoms with Crippen LogP contribution >= 0.6 is 0 Å². The fourth-order valence-electron chi connectivity index (χ4n) is 1.28. The first kappa shape index (κ1) is 8.02. The fraction of sp³-hybridized carbons (Fsp3) is 1.00. The van der Waals surface area contributed by atoms with Crippen LogP contribution in [0, 0.1) is 0 Å². The Bertz CT molecular complexity index is 91.7. The maximum Gasteiger partial charge on any atom is 0.178 e. The Hall–Kier alpha value is -0.0851. The van der Waals surface area contributed by atoms with E-state index in [1.807, 2.05) is 0 Å². The lowest BCUT2D eigenvalue weighted by Gasteiger charge is -2.28. The van der Waals surface area contributed by atoms with Gasteiger partial charge in [-0.3, -0.25) is 0 Å². The number of alkyl halides is 1. The molecule has 1 rings (SSSR count). The Balaban J connectivity index is 2.25. The third-order valence-electron chi connectivity index (χ3n) is 1.92. The zero-order chi connectivity index (χ0) is 7.40. The van der Waals surface area contributed by atoms with Crippen LogP contribution in [0.5, 0.6) is 0 Å². The summed E-state index contributed by atoms with van der Waals surface area (Å²) in [5.41, 5.74) is 0. The van der Waals surface area contributed by atoms with Gasteiger partial charge in [0, 0.05) is 6.04 Å². The van der Waals surface area contributed by atoms with Crippen LogP contribution in [0.25, 0.3) is 0 Å². The first-order chi connectivity index (χ1) is 4.86. The van der Waals surface area contributed by atoms with E-state index in [2.05, 4.69) is 10.5 Å². The topological polar surface area (TPSA) is 24.1 Å². The van der Waals surface area contributed by atoms with Crippen LogP contribution in [-0.2, 0) is 0 Å². The molecule has 56 valence electrons. The Morgan fingerprint density at radius 1 is 1.70 bits per heavy atom. The van der Waals surface area contributed by atoms with Crippen LogP contribution < -0.4 is 10.5 Å². The van der Waals surface area contributed by atoms with Crippen molar-refractivity contribution in [2.45, 2.75) is 24.9 Å². The van der Waals surface area contributed by atoms with Gasteiger partial charge in [-0.15, -0.1) is 0 Å². The monoisotopic (exact) mass is 142 g/mol. The number of halogens is 1. The molecule has 1 aliphatic heterocycles. The minimum Gasteiger partial charge on any atom is -0.364 e. The zero-order valence-electron chi connectivity index (χ0n) is 5.94. The highest BCUT2D eigenvalue weighted by atomic mass is 19.1. The SMILES string of the molecule is [B]N[C@H]1CCN[C@H](CF)C1. The molecule has 0 aromatic heterocycles. The van der Waals surface area contributed by atoms with Gasteiger partial charge in [0.2, 0.25) is 0 Å². The molecule has 0 aliphatic carbocycles. The lowest BCUT2D eigenvalue weighted by molar-refractivity contribution is 0.290. The van der Waals surface area contributed by atoms with E-state index in [1.165, 1.54) is 0 Å². The molecule has 0 aromatic rings. The van der Waals surface area contributed by atoms with Gasteiger partial charge in [0.15, 0.2) is 7.98 Å². The second-order valence-corrected chi connectivity index (χ2v) is 2.69. The molecule has 0 saturated carbocycles. The normalized spacial score (nSPS) is 34.1. The summed E-state index contributed by atoms with van der Waals surface area (Å²) in [4.78, 5) is 0. The standard InChI is InChI=1S/C6H12BFN2/c7-10-5-1-2-9-6(3-5)4-8/h5-6,9-10H,1-4H2/t5-,6-/m0/s1. The average molecular weight is 142 g/mol. The first-order valence-corrected chi connectivity index (χ1v) is 3.62. The maximum atomic E-state index is 12.1. The van der Waals surface area contributed by atoms with E-state index >= 15 is 0 Å². The van der Waals surface area contributed by atoms with Gasteiger partial charge in [-0.1, -0.05) is 0 Å². The Kier molecular flexibility index (Phi) is 3.15. The molecule has 2 N–H and O–H groups in total. The van der Waals surface area contributed by atoms with Crippen LogP contribution in [-0.4, -0.2) is 33.3 Å². The van der Waals surface area contributed by atoms with E-state index in [-0.39, 0.29) is 12.7 Å². The minimum absolute atomic E-state index is 0.00907. The van der Waals surface area contributed by atoms with Gasteiger partial charge >= 0.3 is 0 Å². The summed E-state index contributed by atoms with van der Waals surface area (Å²) in [6.45, 7) is 0.571. The third-order valence-corrected chi connectivity index (χ3v) is 1.92. The first-order valence-electron chi connectivity index (χ1n) is 3.62. The van der Waals surface area contributed by atoms with Gasteiger partial charge in [-0.05, 0) is 25.4 Å². The lowest BCUT2D eigenvalue weighted by atomic mass is 9.99. The van der Waals surface area contributed by atoms with Crippen LogP contribution in [0.3, 0.4) is 0 Å². The van der Waals surface area contributed by atoms with E-state index < -0.39 is 0 Å². The molecule has 2 atom stereocenters. The molecule has 1 heterocycles. The zero-order valence-corrected chi connectivity index (χ0v) is 5.94. The molecule has 0 aromatic carbocycles. The van der Waals surface area contributed by atoms with Crippen molar-refractivity contribution in [3.05, 3.63) is 0 Å². The van der Waals surface area contributed by atoms with Gasteiger partial charge in [0.05, 0.1) is 0 Å². The van der Waals surface area contributed by atoms with Crippen molar-refractivity contribution in [2.24, 2.45) is 0 Å². The maximum absolute atomic E-state index is 12.1. The molecule has 0 spiro atoms. The molecular formula is C6H12BFN2. The van der Waals surface area contributed by atoms with Crippen LogP contribution in [0.4, 0.5) is 4.39 Å². The Morgan fingerprint density at radius 3 is 3.10 bits per heavy atom. The number of nitrogens with one attached hydrogen (secondary N) is 2. The summed E-state index contributed by atoms with van der Waals surface area (Å²) in [5.74, 6) is 0. The van der Waals surface area contributed by atoms with Crippen molar-refractivity contribution in [1.82, 2.24) is 10.5 Å². The van der Waals surface area contributed by atoms with Gasteiger partial charge < -0.3 is 10.5 Å². The van der Waals surface area contributed by atoms with Crippen molar-refractivity contribution < 1.29 is 4.39 Å². The van der Waals surface area contributed by atoms with Crippen LogP contribution in [0.1, 0.15) is 12.8 Å². The fourth-order valence-corrected chi connectivity index (χ4v) is 1.28. The molecule has 1 fully saturated rings. The highest BCUT2D eigenvalue weighted by molar-refractivity contribution is 6.04. The quantitative estimate of drug-likeness (QED) is 0.519. The third kappa shape index (κ3) is 1.95. The summed E-state index contributed by atoms with van der Waals surface area (Å²) in [6, 6.07) is 0.303. The molecule has 2 nitrogen and oxygen atoms in total. The highest BCUT2D eigenvalue weighted by Gasteiger charge is 2.18. The van der Waals surface area contributed by atoms with Gasteiger partial charge in [0.1, 0.15) is 6.67 Å².